The van der Waals surface area contributed by atoms with E-state index < -0.39 is 0 Å². The number of carbonyl (C=O) groups is 1. The molecule has 3 N–H and O–H groups in total. The number of quaternary nitrogens is 1. The summed E-state index contributed by atoms with van der Waals surface area (Å²) in [5.74, 6) is 2.74. The van der Waals surface area contributed by atoms with E-state index in [0.717, 1.165) is 0 Å². The van der Waals surface area contributed by atoms with Crippen LogP contribution in [0.15, 0.2) is 0 Å². The molecule has 0 heterocycles. The van der Waals surface area contributed by atoms with Gasteiger partial charge in [-0.3, -0.25) is 4.84 Å². The van der Waals surface area contributed by atoms with Crippen molar-refractivity contribution in [2.75, 3.05) is 0 Å². The molecule has 0 spiro atoms. The molecule has 3 heteroatoms. The van der Waals surface area contributed by atoms with Crippen LogP contribution in [0.1, 0.15) is 0 Å². The summed E-state index contributed by atoms with van der Waals surface area (Å²) in [4.78, 5) is 12.5. The molecule has 0 amide bonds. The predicted octanol–water partition coefficient (Wildman–Crippen LogP) is -1.68. The van der Waals surface area contributed by atoms with Crippen LogP contribution in [0.2, 0.25) is 0 Å². The molecule has 0 fully saturated rings. The van der Waals surface area contributed by atoms with Gasteiger partial charge in [0.15, 0.2) is 0 Å². The smallest absolute Gasteiger partial charge is 0.285 e. The maximum Gasteiger partial charge on any atom is 0.354 e. The van der Waals surface area contributed by atoms with E-state index >= 15 is 0 Å². The second-order valence-electron chi connectivity index (χ2n) is 0.263. The molecule has 0 aliphatic heterocycles. The molecule has 0 aromatic rings. The second-order valence-corrected chi connectivity index (χ2v) is 0.263. The first-order valence-electron chi connectivity index (χ1n) is 0.760. The number of hydrogen-bond acceptors (Lipinski definition) is 2. The van der Waals surface area contributed by atoms with Crippen LogP contribution in [0.4, 0.5) is 0 Å². The molecule has 0 radical (unpaired) electrons. The van der Waals surface area contributed by atoms with Crippen molar-refractivity contribution in [3.63, 3.8) is 0 Å². The molecular weight excluding hydrogens is 58.0 g/mol. The molecule has 0 aromatic carbocycles. The molecule has 24 valence electrons. The molecule has 0 aliphatic carbocycles. The van der Waals surface area contributed by atoms with E-state index in [-0.39, 0.29) is 6.47 Å². The highest BCUT2D eigenvalue weighted by Crippen LogP contribution is 1.18. The summed E-state index contributed by atoms with van der Waals surface area (Å²) < 4.78 is 0. The molecule has 0 saturated carbocycles. The highest BCUT2D eigenvalue weighted by Gasteiger charge is 1.49. The van der Waals surface area contributed by atoms with Crippen LogP contribution in [0.5, 0.6) is 0 Å². The largest absolute Gasteiger partial charge is 0.354 e. The minimum absolute atomic E-state index is 0.264. The summed E-state index contributed by atoms with van der Waals surface area (Å²) in [6, 6.07) is 0. The molecule has 3 nitrogen and oxygen atoms in total. The Bertz CT molecular complexity index is 20.0. The lowest BCUT2D eigenvalue weighted by atomic mass is 11.6. The van der Waals surface area contributed by atoms with Crippen molar-refractivity contribution in [1.82, 2.24) is 0 Å². The van der Waals surface area contributed by atoms with Gasteiger partial charge in [0.25, 0.3) is 0 Å². The molecule has 0 unspecified atom stereocenters. The molecule has 4 heavy (non-hydrogen) atoms. The van der Waals surface area contributed by atoms with E-state index in [1.807, 2.05) is 0 Å². The highest BCUT2D eigenvalue weighted by atomic mass is 16.6. The van der Waals surface area contributed by atoms with Crippen molar-refractivity contribution >= 4 is 6.47 Å². The number of hydrogen-bond donors (Lipinski definition) is 1. The Morgan fingerprint density at radius 2 is 2.25 bits per heavy atom. The lowest BCUT2D eigenvalue weighted by Gasteiger charge is -1.61. The van der Waals surface area contributed by atoms with Crippen molar-refractivity contribution in [2.45, 2.75) is 0 Å². The van der Waals surface area contributed by atoms with Crippen molar-refractivity contribution in [2.24, 2.45) is 0 Å². The Morgan fingerprint density at radius 1 is 2.00 bits per heavy atom. The lowest BCUT2D eigenvalue weighted by Crippen LogP contribution is -2.48. The van der Waals surface area contributed by atoms with Gasteiger partial charge in [0.1, 0.15) is 0 Å². The van der Waals surface area contributed by atoms with Crippen LogP contribution in [0, 0.1) is 0 Å². The van der Waals surface area contributed by atoms with Gasteiger partial charge in [-0.15, -0.1) is 0 Å². The van der Waals surface area contributed by atoms with Crippen LogP contribution in [-0.4, -0.2) is 6.47 Å². The van der Waals surface area contributed by atoms with E-state index in [2.05, 4.69) is 10.7 Å². The van der Waals surface area contributed by atoms with Crippen LogP contribution >= 0.6 is 0 Å². The summed E-state index contributed by atoms with van der Waals surface area (Å²) in [6.45, 7) is 0.264. The SMILES string of the molecule is [NH3+]OC=O. The summed E-state index contributed by atoms with van der Waals surface area (Å²) in [5, 5.41) is 0. The second kappa shape index (κ2) is 2.43. The van der Waals surface area contributed by atoms with Gasteiger partial charge in [-0.2, -0.15) is 5.90 Å². The van der Waals surface area contributed by atoms with Crippen LogP contribution < -0.4 is 5.90 Å². The van der Waals surface area contributed by atoms with E-state index in [4.69, 9.17) is 4.79 Å². The molecule has 0 aliphatic rings. The van der Waals surface area contributed by atoms with Gasteiger partial charge in [-0.05, 0) is 0 Å². The number of carbonyl (C=O) groups excluding carboxylic acids is 1. The van der Waals surface area contributed by atoms with E-state index in [0.29, 0.717) is 0 Å². The minimum Gasteiger partial charge on any atom is -0.285 e. The predicted molar refractivity (Wildman–Crippen MR) is 10.0 cm³/mol. The molecular formula is CH4NO2+. The zero-order valence-corrected chi connectivity index (χ0v) is 2.10. The first kappa shape index (κ1) is 3.43. The Hall–Kier alpha value is -0.570. The molecule has 0 atom stereocenters. The summed E-state index contributed by atoms with van der Waals surface area (Å²) in [7, 11) is 0. The standard InChI is InChI=1S/CH4NO2/c2-4-1-3/h1H,2H3/q+1. The fraction of sp³-hybridized carbons (Fsp3) is 0. The average molecular weight is 62.0 g/mol. The maximum absolute atomic E-state index is 8.89. The van der Waals surface area contributed by atoms with Crippen molar-refractivity contribution < 1.29 is 15.5 Å². The molecule has 0 bridgehead atoms. The van der Waals surface area contributed by atoms with Gasteiger partial charge in [-0.25, -0.2) is 4.79 Å². The van der Waals surface area contributed by atoms with Gasteiger partial charge in [0.05, 0.1) is 0 Å². The molecule has 0 aromatic heterocycles. The van der Waals surface area contributed by atoms with Gasteiger partial charge in [-0.1, -0.05) is 0 Å². The van der Waals surface area contributed by atoms with Crippen LogP contribution in [0.25, 0.3) is 0 Å². The van der Waals surface area contributed by atoms with E-state index in [1.165, 1.54) is 0 Å². The van der Waals surface area contributed by atoms with Gasteiger partial charge < -0.3 is 0 Å². The zero-order valence-electron chi connectivity index (χ0n) is 2.10. The Morgan fingerprint density at radius 3 is 2.25 bits per heavy atom. The van der Waals surface area contributed by atoms with E-state index in [9.17, 15) is 0 Å². The normalized spacial score (nSPS) is 5.25. The first-order valence-corrected chi connectivity index (χ1v) is 0.760. The monoisotopic (exact) mass is 62.0 g/mol. The van der Waals surface area contributed by atoms with Crippen molar-refractivity contribution in [1.29, 1.82) is 0 Å². The van der Waals surface area contributed by atoms with Gasteiger partial charge in [0, 0.05) is 0 Å². The molecule has 0 rings (SSSR count). The van der Waals surface area contributed by atoms with Crippen molar-refractivity contribution in [3.05, 3.63) is 0 Å². The Labute approximate surface area is 23.3 Å². The fourth-order valence-corrected chi connectivity index (χ4v) is 0. The third-order valence-electron chi connectivity index (χ3n) is 0.0680. The molecule has 0 saturated heterocycles. The topological polar surface area (TPSA) is 53.9 Å². The quantitative estimate of drug-likeness (QED) is 0.291. The van der Waals surface area contributed by atoms with E-state index in [1.54, 1.807) is 0 Å². The summed E-state index contributed by atoms with van der Waals surface area (Å²) >= 11 is 0. The Balaban J connectivity index is 2.30. The summed E-state index contributed by atoms with van der Waals surface area (Å²) in [5.41, 5.74) is 0. The third kappa shape index (κ3) is 1.43. The third-order valence-corrected chi connectivity index (χ3v) is 0.0680. The van der Waals surface area contributed by atoms with Crippen molar-refractivity contribution in [3.8, 4) is 0 Å². The number of rotatable bonds is 1. The average Bonchev–Trinajstić information content (AvgIpc) is 1.37. The van der Waals surface area contributed by atoms with Gasteiger partial charge >= 0.3 is 6.47 Å². The summed E-state index contributed by atoms with van der Waals surface area (Å²) in [6.07, 6.45) is 0. The fourth-order valence-electron chi connectivity index (χ4n) is 0. The Kier molecular flexibility index (Phi) is 2.08. The van der Waals surface area contributed by atoms with Gasteiger partial charge in [0.2, 0.25) is 0 Å². The van der Waals surface area contributed by atoms with Crippen LogP contribution in [-0.2, 0) is 9.63 Å². The highest BCUT2D eigenvalue weighted by molar-refractivity contribution is 5.35. The first-order chi connectivity index (χ1) is 1.91. The lowest BCUT2D eigenvalue weighted by molar-refractivity contribution is -0.652. The maximum atomic E-state index is 8.89. The van der Waals surface area contributed by atoms with Crippen LogP contribution in [0.3, 0.4) is 0 Å². The minimum atomic E-state index is 0.264. The zero-order chi connectivity index (χ0) is 3.41.